The van der Waals surface area contributed by atoms with Gasteiger partial charge in [0.15, 0.2) is 0 Å². The number of hydrogen-bond acceptors (Lipinski definition) is 1. The molecule has 0 atom stereocenters. The Morgan fingerprint density at radius 1 is 1.24 bits per heavy atom. The van der Waals surface area contributed by atoms with Crippen molar-refractivity contribution in [2.24, 2.45) is 5.41 Å². The minimum absolute atomic E-state index is 0.192. The first-order valence-electron chi connectivity index (χ1n) is 5.53. The summed E-state index contributed by atoms with van der Waals surface area (Å²) < 4.78 is 0. The zero-order valence-corrected chi connectivity index (χ0v) is 11.8. The molecular formula is C13H17Cl2NO. The van der Waals surface area contributed by atoms with Gasteiger partial charge in [-0.25, -0.2) is 0 Å². The smallest absolute Gasteiger partial charge is 0.254 e. The molecule has 0 heterocycles. The van der Waals surface area contributed by atoms with Gasteiger partial charge in [0.2, 0.25) is 0 Å². The van der Waals surface area contributed by atoms with Crippen molar-refractivity contribution in [3.05, 3.63) is 33.8 Å². The van der Waals surface area contributed by atoms with Crippen molar-refractivity contribution >= 4 is 29.1 Å². The Morgan fingerprint density at radius 2 is 1.76 bits per heavy atom. The Kier molecular flexibility index (Phi) is 4.84. The molecule has 0 aliphatic heterocycles. The van der Waals surface area contributed by atoms with Crippen molar-refractivity contribution in [2.45, 2.75) is 27.2 Å². The predicted octanol–water partition coefficient (Wildman–Crippen LogP) is 4.16. The molecule has 0 fully saturated rings. The lowest BCUT2D eigenvalue weighted by Gasteiger charge is -2.18. The van der Waals surface area contributed by atoms with Crippen LogP contribution >= 0.6 is 23.2 Å². The summed E-state index contributed by atoms with van der Waals surface area (Å²) in [7, 11) is 0. The quantitative estimate of drug-likeness (QED) is 0.881. The number of benzene rings is 1. The molecule has 1 N–H and O–H groups in total. The van der Waals surface area contributed by atoms with E-state index in [9.17, 15) is 4.79 Å². The largest absolute Gasteiger partial charge is 0.352 e. The van der Waals surface area contributed by atoms with Crippen LogP contribution < -0.4 is 5.32 Å². The van der Waals surface area contributed by atoms with E-state index in [4.69, 9.17) is 23.2 Å². The molecule has 4 heteroatoms. The highest BCUT2D eigenvalue weighted by Gasteiger charge is 2.15. The van der Waals surface area contributed by atoms with Crippen LogP contribution in [0.3, 0.4) is 0 Å². The summed E-state index contributed by atoms with van der Waals surface area (Å²) in [4.78, 5) is 11.9. The number of hydrogen-bond donors (Lipinski definition) is 1. The molecule has 0 saturated carbocycles. The zero-order valence-electron chi connectivity index (χ0n) is 10.3. The summed E-state index contributed by atoms with van der Waals surface area (Å²) in [6.45, 7) is 6.99. The fourth-order valence-electron chi connectivity index (χ4n) is 1.35. The third-order valence-corrected chi connectivity index (χ3v) is 2.98. The average Bonchev–Trinajstić information content (AvgIpc) is 2.15. The van der Waals surface area contributed by atoms with Gasteiger partial charge in [-0.05, 0) is 24.0 Å². The molecule has 0 bridgehead atoms. The summed E-state index contributed by atoms with van der Waals surface area (Å²) in [6, 6.07) is 5.04. The highest BCUT2D eigenvalue weighted by atomic mass is 35.5. The maximum atomic E-state index is 11.9. The zero-order chi connectivity index (χ0) is 13.1. The number of nitrogens with one attached hydrogen (secondary N) is 1. The second-order valence-corrected chi connectivity index (χ2v) is 5.98. The Morgan fingerprint density at radius 3 is 2.24 bits per heavy atom. The normalized spacial score (nSPS) is 11.4. The van der Waals surface area contributed by atoms with E-state index in [1.165, 1.54) is 0 Å². The Balaban J connectivity index is 2.65. The van der Waals surface area contributed by atoms with Crippen molar-refractivity contribution in [2.75, 3.05) is 6.54 Å². The molecule has 1 aromatic rings. The first kappa shape index (κ1) is 14.3. The lowest BCUT2D eigenvalue weighted by molar-refractivity contribution is 0.0950. The van der Waals surface area contributed by atoms with Gasteiger partial charge in [-0.3, -0.25) is 4.79 Å². The minimum Gasteiger partial charge on any atom is -0.352 e. The Hall–Kier alpha value is -0.730. The van der Waals surface area contributed by atoms with Crippen molar-refractivity contribution in [1.29, 1.82) is 0 Å². The van der Waals surface area contributed by atoms with Crippen LogP contribution in [0, 0.1) is 5.41 Å². The van der Waals surface area contributed by atoms with Gasteiger partial charge in [-0.2, -0.15) is 0 Å². The fraction of sp³-hybridized carbons (Fsp3) is 0.462. The number of rotatable bonds is 3. The van der Waals surface area contributed by atoms with E-state index in [0.717, 1.165) is 6.42 Å². The molecule has 0 radical (unpaired) electrons. The maximum absolute atomic E-state index is 11.9. The molecule has 0 saturated heterocycles. The van der Waals surface area contributed by atoms with Gasteiger partial charge in [-0.15, -0.1) is 0 Å². The number of amides is 1. The third-order valence-electron chi connectivity index (χ3n) is 2.35. The molecule has 0 unspecified atom stereocenters. The maximum Gasteiger partial charge on any atom is 0.254 e. The van der Waals surface area contributed by atoms with E-state index in [1.807, 2.05) is 0 Å². The van der Waals surface area contributed by atoms with Crippen LogP contribution in [-0.2, 0) is 0 Å². The molecule has 1 rings (SSSR count). The van der Waals surface area contributed by atoms with Crippen LogP contribution in [0.15, 0.2) is 18.2 Å². The first-order valence-corrected chi connectivity index (χ1v) is 6.29. The van der Waals surface area contributed by atoms with Crippen molar-refractivity contribution in [3.8, 4) is 0 Å². The highest BCUT2D eigenvalue weighted by Crippen LogP contribution is 2.24. The molecule has 0 spiro atoms. The van der Waals surface area contributed by atoms with Gasteiger partial charge >= 0.3 is 0 Å². The van der Waals surface area contributed by atoms with Gasteiger partial charge in [0, 0.05) is 6.54 Å². The number of halogens is 2. The number of carbonyl (C=O) groups is 1. The molecule has 0 aliphatic rings. The van der Waals surface area contributed by atoms with E-state index in [2.05, 4.69) is 26.1 Å². The third kappa shape index (κ3) is 4.57. The summed E-state index contributed by atoms with van der Waals surface area (Å²) in [6.07, 6.45) is 0.904. The van der Waals surface area contributed by atoms with Crippen LogP contribution in [0.1, 0.15) is 37.6 Å². The van der Waals surface area contributed by atoms with Crippen LogP contribution in [0.4, 0.5) is 0 Å². The van der Waals surface area contributed by atoms with E-state index in [-0.39, 0.29) is 11.3 Å². The molecule has 1 amide bonds. The van der Waals surface area contributed by atoms with Gasteiger partial charge < -0.3 is 5.32 Å². The molecule has 1 aromatic carbocycles. The van der Waals surface area contributed by atoms with E-state index < -0.39 is 0 Å². The summed E-state index contributed by atoms with van der Waals surface area (Å²) in [5.74, 6) is -0.218. The van der Waals surface area contributed by atoms with Crippen molar-refractivity contribution in [1.82, 2.24) is 5.32 Å². The standard InChI is InChI=1S/C13H17Cl2NO/c1-13(2,3)7-8-16-12(17)11-9(14)5-4-6-10(11)15/h4-6H,7-8H2,1-3H3,(H,16,17). The van der Waals surface area contributed by atoms with Gasteiger partial charge in [-0.1, -0.05) is 50.0 Å². The molecule has 94 valence electrons. The van der Waals surface area contributed by atoms with Gasteiger partial charge in [0.1, 0.15) is 0 Å². The average molecular weight is 274 g/mol. The molecular weight excluding hydrogens is 257 g/mol. The van der Waals surface area contributed by atoms with Crippen molar-refractivity contribution < 1.29 is 4.79 Å². The second kappa shape index (κ2) is 5.74. The SMILES string of the molecule is CC(C)(C)CCNC(=O)c1c(Cl)cccc1Cl. The van der Waals surface area contributed by atoms with Crippen molar-refractivity contribution in [3.63, 3.8) is 0 Å². The van der Waals surface area contributed by atoms with E-state index in [1.54, 1.807) is 18.2 Å². The minimum atomic E-state index is -0.218. The van der Waals surface area contributed by atoms with Crippen LogP contribution in [0.5, 0.6) is 0 Å². The first-order chi connectivity index (χ1) is 7.81. The summed E-state index contributed by atoms with van der Waals surface area (Å²) >= 11 is 11.9. The molecule has 0 aliphatic carbocycles. The van der Waals surface area contributed by atoms with Gasteiger partial charge in [0.25, 0.3) is 5.91 Å². The summed E-state index contributed by atoms with van der Waals surface area (Å²) in [5.41, 5.74) is 0.544. The molecule has 17 heavy (non-hydrogen) atoms. The Bertz CT molecular complexity index is 390. The summed E-state index contributed by atoms with van der Waals surface area (Å²) in [5, 5.41) is 3.59. The fourth-order valence-corrected chi connectivity index (χ4v) is 1.92. The molecule has 0 aromatic heterocycles. The van der Waals surface area contributed by atoms with Gasteiger partial charge in [0.05, 0.1) is 15.6 Å². The lowest BCUT2D eigenvalue weighted by atomic mass is 9.92. The number of carbonyl (C=O) groups excluding carboxylic acids is 1. The van der Waals surface area contributed by atoms with Crippen LogP contribution in [-0.4, -0.2) is 12.5 Å². The highest BCUT2D eigenvalue weighted by molar-refractivity contribution is 6.39. The second-order valence-electron chi connectivity index (χ2n) is 5.16. The van der Waals surface area contributed by atoms with Crippen LogP contribution in [0.2, 0.25) is 10.0 Å². The predicted molar refractivity (Wildman–Crippen MR) is 72.9 cm³/mol. The van der Waals surface area contributed by atoms with E-state index >= 15 is 0 Å². The van der Waals surface area contributed by atoms with Crippen LogP contribution in [0.25, 0.3) is 0 Å². The topological polar surface area (TPSA) is 29.1 Å². The molecule has 2 nitrogen and oxygen atoms in total. The Labute approximate surface area is 112 Å². The van der Waals surface area contributed by atoms with E-state index in [0.29, 0.717) is 22.2 Å². The monoisotopic (exact) mass is 273 g/mol. The lowest BCUT2D eigenvalue weighted by Crippen LogP contribution is -2.27.